The highest BCUT2D eigenvalue weighted by Gasteiger charge is 2.07. The fourth-order valence-electron chi connectivity index (χ4n) is 1.87. The van der Waals surface area contributed by atoms with Crippen LogP contribution in [-0.2, 0) is 4.79 Å². The molecule has 2 aromatic rings. The topological polar surface area (TPSA) is 51.1 Å². The summed E-state index contributed by atoms with van der Waals surface area (Å²) in [4.78, 5) is 11.1. The number of carbonyl (C=O) groups excluding carboxylic acids is 1. The molecular weight excluding hydrogens is 280 g/mol. The van der Waals surface area contributed by atoms with E-state index in [1.54, 1.807) is 23.4 Å². The summed E-state index contributed by atoms with van der Waals surface area (Å²) in [5.74, 6) is 0.485. The highest BCUT2D eigenvalue weighted by molar-refractivity contribution is 5.82. The molecule has 0 aromatic heterocycles. The van der Waals surface area contributed by atoms with Gasteiger partial charge in [0.05, 0.1) is 19.0 Å². The first-order valence-electron chi connectivity index (χ1n) is 6.79. The number of esters is 1. The summed E-state index contributed by atoms with van der Waals surface area (Å²) < 4.78 is 10.3. The average molecular weight is 298 g/mol. The number of rotatable bonds is 5. The first-order chi connectivity index (χ1) is 10.6. The third-order valence-electron chi connectivity index (χ3n) is 2.95. The molecule has 0 amide bonds. The molecule has 0 N–H and O–H groups in total. The van der Waals surface area contributed by atoms with Crippen LogP contribution in [0.25, 0.3) is 0 Å². The maximum Gasteiger partial charge on any atom is 0.308 e. The Kier molecular flexibility index (Phi) is 5.14. The third kappa shape index (κ3) is 4.09. The van der Waals surface area contributed by atoms with E-state index in [9.17, 15) is 4.79 Å². The van der Waals surface area contributed by atoms with E-state index in [0.29, 0.717) is 11.5 Å². The molecule has 0 aliphatic rings. The van der Waals surface area contributed by atoms with Gasteiger partial charge in [0.2, 0.25) is 0 Å². The van der Waals surface area contributed by atoms with Crippen LogP contribution in [0.3, 0.4) is 0 Å². The Morgan fingerprint density at radius 1 is 1.14 bits per heavy atom. The standard InChI is InChI=1S/C17H18N2O3/c1-13(20)22-17-11-14(9-10-16(17)21-3)12-18-19(2)15-7-5-4-6-8-15/h4-12H,1-3H3/b18-12+. The van der Waals surface area contributed by atoms with E-state index < -0.39 is 5.97 Å². The van der Waals surface area contributed by atoms with Crippen LogP contribution < -0.4 is 14.5 Å². The van der Waals surface area contributed by atoms with Crippen LogP contribution in [0.2, 0.25) is 0 Å². The van der Waals surface area contributed by atoms with E-state index in [0.717, 1.165) is 11.3 Å². The fraction of sp³-hybridized carbons (Fsp3) is 0.176. The zero-order valence-corrected chi connectivity index (χ0v) is 12.8. The quantitative estimate of drug-likeness (QED) is 0.368. The Morgan fingerprint density at radius 2 is 1.86 bits per heavy atom. The smallest absolute Gasteiger partial charge is 0.308 e. The van der Waals surface area contributed by atoms with Gasteiger partial charge in [-0.1, -0.05) is 18.2 Å². The first-order valence-corrected chi connectivity index (χ1v) is 6.79. The van der Waals surface area contributed by atoms with Crippen molar-refractivity contribution in [1.82, 2.24) is 0 Å². The number of carbonyl (C=O) groups is 1. The highest BCUT2D eigenvalue weighted by Crippen LogP contribution is 2.27. The number of ether oxygens (including phenoxy) is 2. The minimum absolute atomic E-state index is 0.376. The van der Waals surface area contributed by atoms with Gasteiger partial charge in [-0.25, -0.2) is 0 Å². The molecule has 0 saturated carbocycles. The van der Waals surface area contributed by atoms with Crippen molar-refractivity contribution in [2.75, 3.05) is 19.2 Å². The zero-order chi connectivity index (χ0) is 15.9. The summed E-state index contributed by atoms with van der Waals surface area (Å²) in [6.45, 7) is 1.35. The lowest BCUT2D eigenvalue weighted by Gasteiger charge is -2.12. The van der Waals surface area contributed by atoms with Crippen molar-refractivity contribution in [2.45, 2.75) is 6.92 Å². The SMILES string of the molecule is COc1ccc(/C=N/N(C)c2ccccc2)cc1OC(C)=O. The van der Waals surface area contributed by atoms with Crippen LogP contribution >= 0.6 is 0 Å². The molecule has 0 aliphatic carbocycles. The first kappa shape index (κ1) is 15.6. The Morgan fingerprint density at radius 3 is 2.50 bits per heavy atom. The van der Waals surface area contributed by atoms with E-state index in [4.69, 9.17) is 9.47 Å². The molecule has 0 aliphatic heterocycles. The molecule has 114 valence electrons. The molecule has 22 heavy (non-hydrogen) atoms. The van der Waals surface area contributed by atoms with Crippen LogP contribution in [-0.4, -0.2) is 26.3 Å². The number of anilines is 1. The van der Waals surface area contributed by atoms with E-state index in [1.165, 1.54) is 14.0 Å². The van der Waals surface area contributed by atoms with Gasteiger partial charge < -0.3 is 9.47 Å². The number of hydrogen-bond donors (Lipinski definition) is 0. The molecular formula is C17H18N2O3. The predicted octanol–water partition coefficient (Wildman–Crippen LogP) is 3.09. The number of benzene rings is 2. The highest BCUT2D eigenvalue weighted by atomic mass is 16.6. The summed E-state index contributed by atoms with van der Waals surface area (Å²) in [5, 5.41) is 6.13. The number of methoxy groups -OCH3 is 1. The summed E-state index contributed by atoms with van der Waals surface area (Å²) in [5.41, 5.74) is 1.78. The zero-order valence-electron chi connectivity index (χ0n) is 12.8. The van der Waals surface area contributed by atoms with Crippen molar-refractivity contribution in [1.29, 1.82) is 0 Å². The lowest BCUT2D eigenvalue weighted by atomic mass is 10.2. The van der Waals surface area contributed by atoms with Crippen LogP contribution in [0.4, 0.5) is 5.69 Å². The Labute approximate surface area is 129 Å². The number of para-hydroxylation sites is 1. The Hall–Kier alpha value is -2.82. The second kappa shape index (κ2) is 7.26. The van der Waals surface area contributed by atoms with E-state index in [1.807, 2.05) is 43.4 Å². The van der Waals surface area contributed by atoms with Crippen molar-refractivity contribution in [3.8, 4) is 11.5 Å². The predicted molar refractivity (Wildman–Crippen MR) is 86.7 cm³/mol. The molecule has 0 atom stereocenters. The van der Waals surface area contributed by atoms with Gasteiger partial charge >= 0.3 is 5.97 Å². The van der Waals surface area contributed by atoms with Crippen molar-refractivity contribution in [3.05, 3.63) is 54.1 Å². The maximum atomic E-state index is 11.1. The lowest BCUT2D eigenvalue weighted by molar-refractivity contribution is -0.132. The summed E-state index contributed by atoms with van der Waals surface area (Å²) in [7, 11) is 3.39. The van der Waals surface area contributed by atoms with Gasteiger partial charge in [-0.05, 0) is 35.9 Å². The van der Waals surface area contributed by atoms with Gasteiger partial charge in [0, 0.05) is 14.0 Å². The average Bonchev–Trinajstić information content (AvgIpc) is 2.53. The van der Waals surface area contributed by atoms with Gasteiger partial charge in [0.25, 0.3) is 0 Å². The van der Waals surface area contributed by atoms with Gasteiger partial charge in [-0.2, -0.15) is 5.10 Å². The molecule has 2 rings (SSSR count). The minimum atomic E-state index is -0.395. The molecule has 0 unspecified atom stereocenters. The van der Waals surface area contributed by atoms with Gasteiger partial charge in [0.15, 0.2) is 11.5 Å². The molecule has 0 fully saturated rings. The number of hydrogen-bond acceptors (Lipinski definition) is 5. The van der Waals surface area contributed by atoms with Gasteiger partial charge in [0.1, 0.15) is 0 Å². The number of hydrazone groups is 1. The molecule has 0 heterocycles. The molecule has 5 nitrogen and oxygen atoms in total. The third-order valence-corrected chi connectivity index (χ3v) is 2.95. The lowest BCUT2D eigenvalue weighted by Crippen LogP contribution is -2.08. The molecule has 0 radical (unpaired) electrons. The normalized spacial score (nSPS) is 10.5. The van der Waals surface area contributed by atoms with Gasteiger partial charge in [-0.15, -0.1) is 0 Å². The van der Waals surface area contributed by atoms with Crippen molar-refractivity contribution < 1.29 is 14.3 Å². The van der Waals surface area contributed by atoms with E-state index in [2.05, 4.69) is 5.10 Å². The maximum absolute atomic E-state index is 11.1. The molecule has 0 saturated heterocycles. The summed E-state index contributed by atoms with van der Waals surface area (Å²) in [6, 6.07) is 15.1. The van der Waals surface area contributed by atoms with E-state index in [-0.39, 0.29) is 0 Å². The van der Waals surface area contributed by atoms with Gasteiger partial charge in [-0.3, -0.25) is 9.80 Å². The minimum Gasteiger partial charge on any atom is -0.493 e. The largest absolute Gasteiger partial charge is 0.493 e. The summed E-state index contributed by atoms with van der Waals surface area (Å²) >= 11 is 0. The summed E-state index contributed by atoms with van der Waals surface area (Å²) in [6.07, 6.45) is 1.69. The van der Waals surface area contributed by atoms with E-state index >= 15 is 0 Å². The monoisotopic (exact) mass is 298 g/mol. The second-order valence-corrected chi connectivity index (χ2v) is 4.61. The molecule has 0 bridgehead atoms. The Bertz CT molecular complexity index is 669. The van der Waals surface area contributed by atoms with Crippen molar-refractivity contribution >= 4 is 17.9 Å². The fourth-order valence-corrected chi connectivity index (χ4v) is 1.87. The van der Waals surface area contributed by atoms with Crippen LogP contribution in [0.15, 0.2) is 53.6 Å². The molecule has 2 aromatic carbocycles. The number of nitrogens with zero attached hydrogens (tertiary/aromatic N) is 2. The Balaban J connectivity index is 2.18. The van der Waals surface area contributed by atoms with Crippen molar-refractivity contribution in [2.24, 2.45) is 5.10 Å². The molecule has 5 heteroatoms. The van der Waals surface area contributed by atoms with Crippen LogP contribution in [0, 0.1) is 0 Å². The van der Waals surface area contributed by atoms with Crippen LogP contribution in [0.1, 0.15) is 12.5 Å². The van der Waals surface area contributed by atoms with Crippen molar-refractivity contribution in [3.63, 3.8) is 0 Å². The molecule has 0 spiro atoms. The van der Waals surface area contributed by atoms with Crippen LogP contribution in [0.5, 0.6) is 11.5 Å². The second-order valence-electron chi connectivity index (χ2n) is 4.61.